The van der Waals surface area contributed by atoms with Crippen LogP contribution in [0.15, 0.2) is 82.7 Å². The molecule has 2 heterocycles. The van der Waals surface area contributed by atoms with E-state index in [4.69, 9.17) is 4.99 Å². The highest BCUT2D eigenvalue weighted by Crippen LogP contribution is 2.37. The molecule has 194 valence electrons. The standard InChI is InChI=1S/C28H24F2N4O3S/c1-31-14-8-11-20-15-23-22(16-24(20)38(36,37)34-17-28(29,30)18-34)25(27(35)33-23)26(19-9-4-2-5-10-19)32-21-12-6-3-7-13-21/h2-7,9-10,12-13,15-16,31,33,35H,14,17-18H2,1H3. The van der Waals surface area contributed by atoms with E-state index in [9.17, 15) is 22.3 Å². The number of rotatable bonds is 6. The minimum absolute atomic E-state index is 0.136. The Kier molecular flexibility index (Phi) is 6.75. The van der Waals surface area contributed by atoms with E-state index in [0.717, 1.165) is 4.31 Å². The topological polar surface area (TPSA) is 97.8 Å². The fourth-order valence-electron chi connectivity index (χ4n) is 4.26. The number of para-hydroxylation sites is 1. The first-order valence-corrected chi connectivity index (χ1v) is 13.2. The lowest BCUT2D eigenvalue weighted by molar-refractivity contribution is -0.0945. The molecule has 1 fully saturated rings. The fourth-order valence-corrected chi connectivity index (χ4v) is 5.91. The molecule has 38 heavy (non-hydrogen) atoms. The summed E-state index contributed by atoms with van der Waals surface area (Å²) in [6.45, 7) is -1.50. The maximum absolute atomic E-state index is 13.6. The zero-order valence-electron chi connectivity index (χ0n) is 20.4. The first kappa shape index (κ1) is 25.6. The van der Waals surface area contributed by atoms with Gasteiger partial charge in [0.15, 0.2) is 5.88 Å². The summed E-state index contributed by atoms with van der Waals surface area (Å²) in [5.41, 5.74) is 2.58. The molecule has 3 aromatic carbocycles. The SMILES string of the molecule is CNCC#Cc1cc2[nH]c(O)c(C(=Nc3ccccc3)c3ccccc3)c2cc1S(=O)(=O)N1CC(F)(F)C1. The van der Waals surface area contributed by atoms with Crippen molar-refractivity contribution in [2.75, 3.05) is 26.7 Å². The minimum Gasteiger partial charge on any atom is -0.494 e. The van der Waals surface area contributed by atoms with Crippen LogP contribution in [0, 0.1) is 11.8 Å². The van der Waals surface area contributed by atoms with E-state index in [1.165, 1.54) is 12.1 Å². The van der Waals surface area contributed by atoms with Gasteiger partial charge in [0.2, 0.25) is 10.0 Å². The molecule has 0 atom stereocenters. The monoisotopic (exact) mass is 534 g/mol. The van der Waals surface area contributed by atoms with E-state index in [2.05, 4.69) is 22.1 Å². The molecule has 10 heteroatoms. The van der Waals surface area contributed by atoms with Gasteiger partial charge < -0.3 is 15.4 Å². The van der Waals surface area contributed by atoms with E-state index in [1.54, 1.807) is 7.05 Å². The first-order chi connectivity index (χ1) is 18.2. The van der Waals surface area contributed by atoms with Crippen LogP contribution in [0.4, 0.5) is 14.5 Å². The van der Waals surface area contributed by atoms with Crippen LogP contribution in [0.3, 0.4) is 0 Å². The van der Waals surface area contributed by atoms with Gasteiger partial charge in [-0.15, -0.1) is 0 Å². The molecular weight excluding hydrogens is 510 g/mol. The molecule has 0 aliphatic carbocycles. The van der Waals surface area contributed by atoms with E-state index in [-0.39, 0.29) is 21.9 Å². The number of aromatic amines is 1. The van der Waals surface area contributed by atoms with Crippen molar-refractivity contribution in [1.29, 1.82) is 0 Å². The number of nitrogens with zero attached hydrogens (tertiary/aromatic N) is 2. The molecule has 3 N–H and O–H groups in total. The summed E-state index contributed by atoms with van der Waals surface area (Å²) >= 11 is 0. The number of H-pyrrole nitrogens is 1. The lowest BCUT2D eigenvalue weighted by atomic mass is 10.00. The van der Waals surface area contributed by atoms with Crippen molar-refractivity contribution in [3.8, 4) is 17.7 Å². The number of aromatic hydroxyl groups is 1. The molecule has 0 spiro atoms. The molecule has 0 saturated carbocycles. The van der Waals surface area contributed by atoms with Crippen LogP contribution in [-0.2, 0) is 10.0 Å². The predicted molar refractivity (Wildman–Crippen MR) is 143 cm³/mol. The van der Waals surface area contributed by atoms with Crippen LogP contribution < -0.4 is 5.32 Å². The van der Waals surface area contributed by atoms with E-state index >= 15 is 0 Å². The van der Waals surface area contributed by atoms with Crippen LogP contribution in [0.25, 0.3) is 10.9 Å². The van der Waals surface area contributed by atoms with Crippen molar-refractivity contribution in [1.82, 2.24) is 14.6 Å². The zero-order valence-corrected chi connectivity index (χ0v) is 21.2. The number of hydrogen-bond donors (Lipinski definition) is 3. The van der Waals surface area contributed by atoms with Crippen LogP contribution in [0.5, 0.6) is 5.88 Å². The number of aliphatic imine (C=N–C) groups is 1. The number of benzene rings is 3. The number of fused-ring (bicyclic) bond motifs is 1. The van der Waals surface area contributed by atoms with Gasteiger partial charge in [-0.3, -0.25) is 0 Å². The molecular formula is C28H24F2N4O3S. The van der Waals surface area contributed by atoms with Gasteiger partial charge in [0, 0.05) is 16.5 Å². The Morgan fingerprint density at radius 1 is 1.11 bits per heavy atom. The minimum atomic E-state index is -4.29. The van der Waals surface area contributed by atoms with Gasteiger partial charge in [0.1, 0.15) is 0 Å². The second-order valence-electron chi connectivity index (χ2n) is 8.87. The van der Waals surface area contributed by atoms with Gasteiger partial charge in [-0.05, 0) is 31.3 Å². The third-order valence-corrected chi connectivity index (χ3v) is 7.91. The molecule has 1 aliphatic rings. The molecule has 4 aromatic rings. The number of alkyl halides is 2. The lowest BCUT2D eigenvalue weighted by Gasteiger charge is -2.37. The van der Waals surface area contributed by atoms with Crippen molar-refractivity contribution >= 4 is 32.3 Å². The third kappa shape index (κ3) is 4.91. The van der Waals surface area contributed by atoms with Crippen molar-refractivity contribution < 1.29 is 22.3 Å². The maximum Gasteiger partial charge on any atom is 0.275 e. The van der Waals surface area contributed by atoms with Crippen molar-refractivity contribution in [3.63, 3.8) is 0 Å². The Hall–Kier alpha value is -4.04. The summed E-state index contributed by atoms with van der Waals surface area (Å²) in [6.07, 6.45) is 0. The summed E-state index contributed by atoms with van der Waals surface area (Å²) < 4.78 is 54.9. The molecule has 0 amide bonds. The summed E-state index contributed by atoms with van der Waals surface area (Å²) in [6, 6.07) is 21.2. The summed E-state index contributed by atoms with van der Waals surface area (Å²) in [7, 11) is -2.60. The number of halogens is 2. The van der Waals surface area contributed by atoms with Gasteiger partial charge in [-0.25, -0.2) is 22.2 Å². The number of nitrogens with one attached hydrogen (secondary N) is 2. The first-order valence-electron chi connectivity index (χ1n) is 11.8. The van der Waals surface area contributed by atoms with Gasteiger partial charge in [0.25, 0.3) is 5.92 Å². The Morgan fingerprint density at radius 3 is 2.39 bits per heavy atom. The van der Waals surface area contributed by atoms with Gasteiger partial charge in [-0.2, -0.15) is 4.31 Å². The van der Waals surface area contributed by atoms with E-state index in [1.807, 2.05) is 60.7 Å². The van der Waals surface area contributed by atoms with Gasteiger partial charge >= 0.3 is 0 Å². The molecule has 0 radical (unpaired) electrons. The molecule has 0 bridgehead atoms. The van der Waals surface area contributed by atoms with Crippen molar-refractivity contribution in [3.05, 3.63) is 89.5 Å². The van der Waals surface area contributed by atoms with Crippen LogP contribution in [-0.4, -0.2) is 61.1 Å². The molecule has 1 saturated heterocycles. The largest absolute Gasteiger partial charge is 0.494 e. The fraction of sp³-hybridized carbons (Fsp3) is 0.179. The number of hydrogen-bond acceptors (Lipinski definition) is 5. The molecule has 7 nitrogen and oxygen atoms in total. The van der Waals surface area contributed by atoms with Crippen molar-refractivity contribution in [2.45, 2.75) is 10.8 Å². The number of aromatic nitrogens is 1. The van der Waals surface area contributed by atoms with E-state index in [0.29, 0.717) is 34.4 Å². The Labute approximate surface area is 218 Å². The van der Waals surface area contributed by atoms with E-state index < -0.39 is 29.0 Å². The van der Waals surface area contributed by atoms with Crippen molar-refractivity contribution in [2.24, 2.45) is 4.99 Å². The normalized spacial score (nSPS) is 15.6. The van der Waals surface area contributed by atoms with Crippen LogP contribution in [0.1, 0.15) is 16.7 Å². The zero-order chi connectivity index (χ0) is 26.9. The number of sulfonamides is 1. The molecule has 0 unspecified atom stereocenters. The second-order valence-corrected chi connectivity index (χ2v) is 10.8. The molecule has 5 rings (SSSR count). The smallest absolute Gasteiger partial charge is 0.275 e. The summed E-state index contributed by atoms with van der Waals surface area (Å²) in [4.78, 5) is 7.47. The predicted octanol–water partition coefficient (Wildman–Crippen LogP) is 4.25. The third-order valence-electron chi connectivity index (χ3n) is 6.08. The van der Waals surface area contributed by atoms with Gasteiger partial charge in [0.05, 0.1) is 47.0 Å². The summed E-state index contributed by atoms with van der Waals surface area (Å²) in [5, 5.41) is 14.3. The molecule has 1 aromatic heterocycles. The Balaban J connectivity index is 1.75. The Bertz CT molecular complexity index is 1680. The highest BCUT2D eigenvalue weighted by molar-refractivity contribution is 7.89. The molecule has 1 aliphatic heterocycles. The highest BCUT2D eigenvalue weighted by atomic mass is 32.2. The average molecular weight is 535 g/mol. The summed E-state index contributed by atoms with van der Waals surface area (Å²) in [5.74, 6) is 2.37. The highest BCUT2D eigenvalue weighted by Gasteiger charge is 2.50. The van der Waals surface area contributed by atoms with Crippen LogP contribution >= 0.6 is 0 Å². The quantitative estimate of drug-likeness (QED) is 0.255. The Morgan fingerprint density at radius 2 is 1.76 bits per heavy atom. The second kappa shape index (κ2) is 10.0. The average Bonchev–Trinajstić information content (AvgIpc) is 3.21. The van der Waals surface area contributed by atoms with Crippen LogP contribution in [0.2, 0.25) is 0 Å². The maximum atomic E-state index is 13.6. The lowest BCUT2D eigenvalue weighted by Crippen LogP contribution is -2.58. The van der Waals surface area contributed by atoms with Gasteiger partial charge in [-0.1, -0.05) is 60.4 Å².